The molecule has 2 aromatic carbocycles. The van der Waals surface area contributed by atoms with Crippen molar-refractivity contribution in [3.05, 3.63) is 66.2 Å². The van der Waals surface area contributed by atoms with E-state index in [4.69, 9.17) is 9.15 Å². The molecule has 3 heterocycles. The highest BCUT2D eigenvalue weighted by Gasteiger charge is 2.29. The van der Waals surface area contributed by atoms with Crippen LogP contribution in [0.5, 0.6) is 6.08 Å². The van der Waals surface area contributed by atoms with Crippen molar-refractivity contribution < 1.29 is 18.3 Å². The number of amides is 1. The quantitative estimate of drug-likeness (QED) is 0.516. The Hall–Kier alpha value is -3.75. The summed E-state index contributed by atoms with van der Waals surface area (Å²) < 4.78 is 26.0. The van der Waals surface area contributed by atoms with E-state index in [0.717, 1.165) is 17.6 Å². The van der Waals surface area contributed by atoms with Gasteiger partial charge in [-0.25, -0.2) is 4.39 Å². The van der Waals surface area contributed by atoms with Crippen LogP contribution in [0, 0.1) is 5.82 Å². The average molecular weight is 407 g/mol. The van der Waals surface area contributed by atoms with Gasteiger partial charge in [0, 0.05) is 6.54 Å². The molecule has 1 saturated heterocycles. The second kappa shape index (κ2) is 7.58. The van der Waals surface area contributed by atoms with E-state index in [1.165, 1.54) is 24.5 Å². The van der Waals surface area contributed by atoms with Crippen LogP contribution in [-0.2, 0) is 0 Å². The van der Waals surface area contributed by atoms with Crippen molar-refractivity contribution in [2.45, 2.75) is 18.9 Å². The lowest BCUT2D eigenvalue weighted by Crippen LogP contribution is -2.44. The molecule has 9 heteroatoms. The van der Waals surface area contributed by atoms with Crippen LogP contribution in [0.4, 0.5) is 4.39 Å². The van der Waals surface area contributed by atoms with Gasteiger partial charge in [0.1, 0.15) is 17.3 Å². The highest BCUT2D eigenvalue weighted by atomic mass is 19.1. The van der Waals surface area contributed by atoms with Gasteiger partial charge in [-0.3, -0.25) is 4.79 Å². The number of oxazole rings is 1. The van der Waals surface area contributed by atoms with Gasteiger partial charge in [-0.2, -0.15) is 15.2 Å². The first-order chi connectivity index (χ1) is 14.7. The third-order valence-corrected chi connectivity index (χ3v) is 5.04. The molecule has 0 radical (unpaired) electrons. The van der Waals surface area contributed by atoms with Gasteiger partial charge in [0.25, 0.3) is 5.91 Å². The fraction of sp³-hybridized carbons (Fsp3) is 0.238. The Labute approximate surface area is 170 Å². The molecule has 0 bridgehead atoms. The zero-order chi connectivity index (χ0) is 20.5. The van der Waals surface area contributed by atoms with Gasteiger partial charge >= 0.3 is 6.08 Å². The number of rotatable bonds is 4. The number of benzene rings is 2. The fourth-order valence-corrected chi connectivity index (χ4v) is 3.66. The smallest absolute Gasteiger partial charge is 0.394 e. The maximum Gasteiger partial charge on any atom is 0.394 e. The summed E-state index contributed by atoms with van der Waals surface area (Å²) in [6.07, 6.45) is 4.30. The zero-order valence-corrected chi connectivity index (χ0v) is 15.9. The van der Waals surface area contributed by atoms with Crippen molar-refractivity contribution in [3.63, 3.8) is 0 Å². The molecular weight excluding hydrogens is 389 g/mol. The van der Waals surface area contributed by atoms with Crippen molar-refractivity contribution in [1.82, 2.24) is 24.9 Å². The van der Waals surface area contributed by atoms with Gasteiger partial charge in [-0.15, -0.1) is 4.80 Å². The van der Waals surface area contributed by atoms with E-state index in [0.29, 0.717) is 24.2 Å². The van der Waals surface area contributed by atoms with Crippen molar-refractivity contribution in [2.75, 3.05) is 13.1 Å². The maximum absolute atomic E-state index is 14.5. The number of piperidine rings is 1. The maximum atomic E-state index is 14.5. The summed E-state index contributed by atoms with van der Waals surface area (Å²) in [5, 5.41) is 7.95. The summed E-state index contributed by atoms with van der Waals surface area (Å²) in [5.41, 5.74) is 1.60. The molecule has 30 heavy (non-hydrogen) atoms. The van der Waals surface area contributed by atoms with E-state index in [-0.39, 0.29) is 29.3 Å². The van der Waals surface area contributed by atoms with Crippen LogP contribution in [0.15, 0.2) is 59.3 Å². The van der Waals surface area contributed by atoms with E-state index in [2.05, 4.69) is 15.2 Å². The van der Waals surface area contributed by atoms with Gasteiger partial charge in [0.05, 0.1) is 24.5 Å². The molecule has 1 aliphatic heterocycles. The van der Waals surface area contributed by atoms with E-state index in [9.17, 15) is 9.18 Å². The van der Waals surface area contributed by atoms with Crippen LogP contribution in [0.2, 0.25) is 0 Å². The number of fused-ring (bicyclic) bond motifs is 1. The lowest BCUT2D eigenvalue weighted by molar-refractivity contribution is 0.0462. The number of halogens is 1. The molecule has 1 fully saturated rings. The molecule has 5 rings (SSSR count). The molecular formula is C21H18FN5O3. The van der Waals surface area contributed by atoms with Gasteiger partial charge in [-0.1, -0.05) is 18.2 Å². The third-order valence-electron chi connectivity index (χ3n) is 5.04. The van der Waals surface area contributed by atoms with Crippen molar-refractivity contribution >= 4 is 17.0 Å². The van der Waals surface area contributed by atoms with Crippen molar-refractivity contribution in [3.8, 4) is 11.8 Å². The molecule has 2 aromatic heterocycles. The van der Waals surface area contributed by atoms with E-state index in [1.54, 1.807) is 11.0 Å². The molecule has 152 valence electrons. The lowest BCUT2D eigenvalue weighted by atomic mass is 10.1. The Morgan fingerprint density at radius 1 is 1.13 bits per heavy atom. The molecule has 1 aliphatic rings. The predicted molar refractivity (Wildman–Crippen MR) is 105 cm³/mol. The van der Waals surface area contributed by atoms with Gasteiger partial charge in [-0.05, 0) is 37.1 Å². The summed E-state index contributed by atoms with van der Waals surface area (Å²) >= 11 is 0. The lowest BCUT2D eigenvalue weighted by Gasteiger charge is -2.32. The van der Waals surface area contributed by atoms with Gasteiger partial charge in [0.15, 0.2) is 11.4 Å². The summed E-state index contributed by atoms with van der Waals surface area (Å²) in [6.45, 7) is 0.898. The molecule has 8 nitrogen and oxygen atoms in total. The minimum absolute atomic E-state index is 0.0366. The standard InChI is InChI=1S/C21H18FN5O3/c22-16-7-3-6-15(19(16)27-23-10-11-24-27)20(28)26-12-4-5-14(13-26)29-21-25-17-8-1-2-9-18(17)30-21/h1-3,6-11,14H,4-5,12-13H2/t14-/m1/s1. The second-order valence-electron chi connectivity index (χ2n) is 7.04. The zero-order valence-electron chi connectivity index (χ0n) is 15.9. The number of hydrogen-bond donors (Lipinski definition) is 0. The topological polar surface area (TPSA) is 86.3 Å². The Balaban J connectivity index is 1.36. The SMILES string of the molecule is O=C(c1cccc(F)c1-n1nccn1)N1CCC[C@@H](Oc2nc3ccccc3o2)C1. The predicted octanol–water partition coefficient (Wildman–Crippen LogP) is 3.23. The van der Waals surface area contributed by atoms with Gasteiger partial charge in [0.2, 0.25) is 0 Å². The summed E-state index contributed by atoms with van der Waals surface area (Å²) in [7, 11) is 0. The Bertz CT molecular complexity index is 1160. The minimum Gasteiger partial charge on any atom is -0.445 e. The summed E-state index contributed by atoms with van der Waals surface area (Å²) in [6, 6.07) is 11.8. The van der Waals surface area contributed by atoms with E-state index < -0.39 is 5.82 Å². The number of para-hydroxylation sites is 3. The van der Waals surface area contributed by atoms with E-state index >= 15 is 0 Å². The van der Waals surface area contributed by atoms with Crippen LogP contribution < -0.4 is 4.74 Å². The Morgan fingerprint density at radius 2 is 1.97 bits per heavy atom. The number of hydrogen-bond acceptors (Lipinski definition) is 6. The molecule has 1 amide bonds. The number of ether oxygens (including phenoxy) is 1. The number of likely N-dealkylation sites (tertiary alicyclic amines) is 1. The fourth-order valence-electron chi connectivity index (χ4n) is 3.66. The normalized spacial score (nSPS) is 16.7. The Morgan fingerprint density at radius 3 is 2.80 bits per heavy atom. The van der Waals surface area contributed by atoms with Crippen molar-refractivity contribution in [2.24, 2.45) is 0 Å². The first-order valence-corrected chi connectivity index (χ1v) is 9.66. The van der Waals surface area contributed by atoms with Crippen molar-refractivity contribution in [1.29, 1.82) is 0 Å². The molecule has 0 unspecified atom stereocenters. The van der Waals surface area contributed by atoms with Crippen LogP contribution in [0.3, 0.4) is 0 Å². The third kappa shape index (κ3) is 3.38. The monoisotopic (exact) mass is 407 g/mol. The number of aromatic nitrogens is 4. The molecule has 0 saturated carbocycles. The molecule has 0 aliphatic carbocycles. The first-order valence-electron chi connectivity index (χ1n) is 9.66. The van der Waals surface area contributed by atoms with Gasteiger partial charge < -0.3 is 14.1 Å². The molecule has 4 aromatic rings. The minimum atomic E-state index is -0.562. The first kappa shape index (κ1) is 18.3. The number of carbonyl (C=O) groups is 1. The molecule has 0 spiro atoms. The number of nitrogens with zero attached hydrogens (tertiary/aromatic N) is 5. The van der Waals surface area contributed by atoms with Crippen LogP contribution in [0.25, 0.3) is 16.8 Å². The highest BCUT2D eigenvalue weighted by Crippen LogP contribution is 2.25. The Kier molecular flexibility index (Phi) is 4.62. The summed E-state index contributed by atoms with van der Waals surface area (Å²) in [5.74, 6) is -0.860. The van der Waals surface area contributed by atoms with E-state index in [1.807, 2.05) is 24.3 Å². The summed E-state index contributed by atoms with van der Waals surface area (Å²) in [4.78, 5) is 20.3. The second-order valence-corrected chi connectivity index (χ2v) is 7.04. The molecule has 1 atom stereocenters. The largest absolute Gasteiger partial charge is 0.445 e. The molecule has 0 N–H and O–H groups in total. The highest BCUT2D eigenvalue weighted by molar-refractivity contribution is 5.97. The van der Waals surface area contributed by atoms with Crippen LogP contribution >= 0.6 is 0 Å². The van der Waals surface area contributed by atoms with Crippen LogP contribution in [0.1, 0.15) is 23.2 Å². The average Bonchev–Trinajstić information content (AvgIpc) is 3.42. The number of carbonyl (C=O) groups excluding carboxylic acids is 1. The van der Waals surface area contributed by atoms with Crippen LogP contribution in [-0.4, -0.2) is 50.0 Å².